The molecule has 2 heterocycles. The van der Waals surface area contributed by atoms with Crippen molar-refractivity contribution in [2.24, 2.45) is 0 Å². The number of hydrogen-bond acceptors (Lipinski definition) is 2. The molecule has 3 aromatic carbocycles. The van der Waals surface area contributed by atoms with E-state index >= 15 is 0 Å². The number of fused-ring (bicyclic) bond motifs is 1. The average molecular weight is 509 g/mol. The van der Waals surface area contributed by atoms with Crippen LogP contribution in [0.5, 0.6) is 0 Å². The lowest BCUT2D eigenvalue weighted by Gasteiger charge is -2.26. The lowest BCUT2D eigenvalue weighted by Crippen LogP contribution is -2.34. The van der Waals surface area contributed by atoms with Crippen LogP contribution in [0.15, 0.2) is 77.7 Å². The van der Waals surface area contributed by atoms with Gasteiger partial charge >= 0.3 is 0 Å². The van der Waals surface area contributed by atoms with E-state index in [1.807, 2.05) is 50.3 Å². The number of halogens is 2. The highest BCUT2D eigenvalue weighted by molar-refractivity contribution is 7.89. The Kier molecular flexibility index (Phi) is 6.30. The second kappa shape index (κ2) is 9.26. The predicted octanol–water partition coefficient (Wildman–Crippen LogP) is 6.58. The van der Waals surface area contributed by atoms with Gasteiger partial charge in [-0.2, -0.15) is 4.31 Å². The minimum Gasteiger partial charge on any atom is -0.340 e. The van der Waals surface area contributed by atoms with Gasteiger partial charge in [-0.05, 0) is 56.2 Å². The molecule has 0 radical (unpaired) electrons. The summed E-state index contributed by atoms with van der Waals surface area (Å²) in [5.74, 6) is -0.329. The Morgan fingerprint density at radius 1 is 0.971 bits per heavy atom. The lowest BCUT2D eigenvalue weighted by atomic mass is 9.97. The molecule has 7 heteroatoms. The van der Waals surface area contributed by atoms with Crippen LogP contribution in [-0.2, 0) is 16.6 Å². The van der Waals surface area contributed by atoms with Gasteiger partial charge in [-0.1, -0.05) is 59.6 Å². The van der Waals surface area contributed by atoms with Crippen molar-refractivity contribution in [2.45, 2.75) is 31.7 Å². The highest BCUT2D eigenvalue weighted by atomic mass is 35.5. The summed E-state index contributed by atoms with van der Waals surface area (Å²) in [5, 5.41) is 1.47. The number of nitrogens with zero attached hydrogens (tertiary/aromatic N) is 2. The van der Waals surface area contributed by atoms with Gasteiger partial charge in [0.15, 0.2) is 0 Å². The van der Waals surface area contributed by atoms with Crippen LogP contribution in [-0.4, -0.2) is 30.4 Å². The van der Waals surface area contributed by atoms with Gasteiger partial charge in [0, 0.05) is 45.8 Å². The summed E-state index contributed by atoms with van der Waals surface area (Å²) in [6.45, 7) is 4.99. The van der Waals surface area contributed by atoms with Gasteiger partial charge in [0.2, 0.25) is 10.0 Å². The number of sulfonamides is 1. The summed E-state index contributed by atoms with van der Waals surface area (Å²) in [6.07, 6.45) is 2.60. The predicted molar refractivity (Wildman–Crippen MR) is 140 cm³/mol. The maximum absolute atomic E-state index is 14.6. The van der Waals surface area contributed by atoms with E-state index in [1.165, 1.54) is 10.4 Å². The summed E-state index contributed by atoms with van der Waals surface area (Å²) in [6, 6.07) is 19.7. The van der Waals surface area contributed by atoms with Gasteiger partial charge < -0.3 is 4.57 Å². The summed E-state index contributed by atoms with van der Waals surface area (Å²) in [4.78, 5) is 0.314. The van der Waals surface area contributed by atoms with E-state index in [-0.39, 0.29) is 5.82 Å². The molecule has 180 valence electrons. The molecule has 1 aliphatic rings. The minimum atomic E-state index is -3.55. The molecule has 1 aromatic heterocycles. The Labute approximate surface area is 210 Å². The third-order valence-electron chi connectivity index (χ3n) is 6.76. The van der Waals surface area contributed by atoms with Gasteiger partial charge in [0.25, 0.3) is 0 Å². The van der Waals surface area contributed by atoms with Crippen LogP contribution >= 0.6 is 11.6 Å². The lowest BCUT2D eigenvalue weighted by molar-refractivity contribution is 0.441. The van der Waals surface area contributed by atoms with Crippen LogP contribution in [0, 0.1) is 19.7 Å². The number of aryl methyl sites for hydroxylation is 1. The van der Waals surface area contributed by atoms with E-state index in [9.17, 15) is 12.8 Å². The molecule has 0 amide bonds. The fourth-order valence-corrected chi connectivity index (χ4v) is 6.44. The van der Waals surface area contributed by atoms with E-state index in [2.05, 4.69) is 10.6 Å². The summed E-state index contributed by atoms with van der Waals surface area (Å²) in [7, 11) is -3.55. The molecule has 4 nitrogen and oxygen atoms in total. The SMILES string of the molecule is Cc1ccc(S(=O)(=O)N2CC=C(c3c(C)n(Cc4c(F)cccc4Cl)c4ccccc34)CC2)cc1. The van der Waals surface area contributed by atoms with Gasteiger partial charge in [0.05, 0.1) is 11.4 Å². The fraction of sp³-hybridized carbons (Fsp3) is 0.214. The fourth-order valence-electron chi connectivity index (χ4n) is 4.84. The average Bonchev–Trinajstić information content (AvgIpc) is 3.13. The first kappa shape index (κ1) is 23.8. The molecular weight excluding hydrogens is 483 g/mol. The van der Waals surface area contributed by atoms with E-state index in [1.54, 1.807) is 24.3 Å². The van der Waals surface area contributed by atoms with Gasteiger partial charge in [-0.25, -0.2) is 12.8 Å². The third kappa shape index (κ3) is 4.31. The van der Waals surface area contributed by atoms with Crippen molar-refractivity contribution in [2.75, 3.05) is 13.1 Å². The molecule has 0 N–H and O–H groups in total. The number of hydrogen-bond donors (Lipinski definition) is 0. The Balaban J connectivity index is 1.51. The van der Waals surface area contributed by atoms with E-state index in [0.717, 1.165) is 33.3 Å². The summed E-state index contributed by atoms with van der Waals surface area (Å²) < 4.78 is 44.5. The molecule has 5 rings (SSSR count). The zero-order chi connectivity index (χ0) is 24.7. The van der Waals surface area contributed by atoms with Crippen LogP contribution in [0.4, 0.5) is 4.39 Å². The largest absolute Gasteiger partial charge is 0.340 e. The van der Waals surface area contributed by atoms with Crippen LogP contribution in [0.3, 0.4) is 0 Å². The van der Waals surface area contributed by atoms with E-state index < -0.39 is 10.0 Å². The first-order valence-electron chi connectivity index (χ1n) is 11.5. The van der Waals surface area contributed by atoms with Gasteiger partial charge in [0.1, 0.15) is 5.82 Å². The summed E-state index contributed by atoms with van der Waals surface area (Å²) >= 11 is 6.33. The van der Waals surface area contributed by atoms with Crippen LogP contribution < -0.4 is 0 Å². The van der Waals surface area contributed by atoms with Crippen molar-refractivity contribution < 1.29 is 12.8 Å². The second-order valence-electron chi connectivity index (χ2n) is 8.92. The molecular formula is C28H26ClFN2O2S. The number of para-hydroxylation sites is 1. The monoisotopic (exact) mass is 508 g/mol. The maximum atomic E-state index is 14.6. The van der Waals surface area contributed by atoms with Crippen LogP contribution in [0.1, 0.15) is 28.8 Å². The van der Waals surface area contributed by atoms with Gasteiger partial charge in [-0.3, -0.25) is 0 Å². The van der Waals surface area contributed by atoms with E-state index in [4.69, 9.17) is 11.6 Å². The number of aromatic nitrogens is 1. The quantitative estimate of drug-likeness (QED) is 0.305. The smallest absolute Gasteiger partial charge is 0.243 e. The standard InChI is InChI=1S/C28H26ClFN2O2S/c1-19-10-12-22(13-11-19)35(33,34)31-16-14-21(15-17-31)28-20(2)32(27-9-4-3-6-23(27)28)18-24-25(29)7-5-8-26(24)30/h3-14H,15-18H2,1-2H3. The van der Waals surface area contributed by atoms with Crippen molar-refractivity contribution >= 4 is 38.1 Å². The zero-order valence-electron chi connectivity index (χ0n) is 19.6. The molecule has 0 fully saturated rings. The number of benzene rings is 3. The van der Waals surface area contributed by atoms with Crippen LogP contribution in [0.2, 0.25) is 5.02 Å². The first-order chi connectivity index (χ1) is 16.8. The van der Waals surface area contributed by atoms with E-state index in [0.29, 0.717) is 41.5 Å². The molecule has 0 atom stereocenters. The van der Waals surface area contributed by atoms with Crippen molar-refractivity contribution in [1.29, 1.82) is 0 Å². The topological polar surface area (TPSA) is 42.3 Å². The maximum Gasteiger partial charge on any atom is 0.243 e. The minimum absolute atomic E-state index is 0.309. The molecule has 0 spiro atoms. The highest BCUT2D eigenvalue weighted by Crippen LogP contribution is 2.36. The highest BCUT2D eigenvalue weighted by Gasteiger charge is 2.28. The Bertz CT molecular complexity index is 1540. The normalized spacial score (nSPS) is 14.9. The van der Waals surface area contributed by atoms with Crippen molar-refractivity contribution in [1.82, 2.24) is 8.87 Å². The van der Waals surface area contributed by atoms with Crippen molar-refractivity contribution in [3.8, 4) is 0 Å². The van der Waals surface area contributed by atoms with Gasteiger partial charge in [-0.15, -0.1) is 0 Å². The second-order valence-corrected chi connectivity index (χ2v) is 11.3. The van der Waals surface area contributed by atoms with Crippen molar-refractivity contribution in [3.63, 3.8) is 0 Å². The number of rotatable bonds is 5. The molecule has 0 aliphatic carbocycles. The third-order valence-corrected chi connectivity index (χ3v) is 8.99. The summed E-state index contributed by atoms with van der Waals surface area (Å²) in [5.41, 5.74) is 5.67. The molecule has 4 aromatic rings. The zero-order valence-corrected chi connectivity index (χ0v) is 21.2. The van der Waals surface area contributed by atoms with Crippen LogP contribution in [0.25, 0.3) is 16.5 Å². The molecule has 0 saturated heterocycles. The Hall–Kier alpha value is -2.93. The Morgan fingerprint density at radius 2 is 1.71 bits per heavy atom. The molecule has 0 unspecified atom stereocenters. The molecule has 1 aliphatic heterocycles. The van der Waals surface area contributed by atoms with Crippen molar-refractivity contribution in [3.05, 3.63) is 106 Å². The first-order valence-corrected chi connectivity index (χ1v) is 13.4. The Morgan fingerprint density at radius 3 is 2.40 bits per heavy atom. The molecule has 0 bridgehead atoms. The molecule has 35 heavy (non-hydrogen) atoms. The molecule has 0 saturated carbocycles.